The first-order valence-corrected chi connectivity index (χ1v) is 24.2. The van der Waals surface area contributed by atoms with E-state index in [0.717, 1.165) is 64.2 Å². The number of allylic oxidation sites excluding steroid dienone is 6. The third-order valence-electron chi connectivity index (χ3n) is 9.71. The number of hydrogen-bond acceptors (Lipinski definition) is 7. The molecule has 0 radical (unpaired) electrons. The van der Waals surface area contributed by atoms with Gasteiger partial charge in [-0.3, -0.25) is 9.36 Å². The van der Waals surface area contributed by atoms with Crippen molar-refractivity contribution < 1.29 is 37.3 Å². The van der Waals surface area contributed by atoms with Gasteiger partial charge in [-0.15, -0.1) is 0 Å². The Morgan fingerprint density at radius 2 is 1.05 bits per heavy atom. The summed E-state index contributed by atoms with van der Waals surface area (Å²) in [4.78, 5) is 25.1. The van der Waals surface area contributed by atoms with Crippen molar-refractivity contribution >= 4 is 13.8 Å². The van der Waals surface area contributed by atoms with Gasteiger partial charge in [0.05, 0.1) is 34.4 Å². The second kappa shape index (κ2) is 39.5. The van der Waals surface area contributed by atoms with Gasteiger partial charge in [0, 0.05) is 13.0 Å². The average molecular weight is 798 g/mol. The van der Waals surface area contributed by atoms with Crippen LogP contribution in [0.4, 0.5) is 0 Å². The topological polar surface area (TPSA) is 94.1 Å². The Labute approximate surface area is 340 Å². The fourth-order valence-electron chi connectivity index (χ4n) is 6.21. The van der Waals surface area contributed by atoms with Gasteiger partial charge in [0.25, 0.3) is 7.82 Å². The van der Waals surface area contributed by atoms with Crippen molar-refractivity contribution in [1.82, 2.24) is 0 Å². The number of likely N-dealkylation sites (N-methyl/N-ethyl adjacent to an activating group) is 1. The van der Waals surface area contributed by atoms with E-state index in [1.165, 1.54) is 109 Å². The Kier molecular flexibility index (Phi) is 38.6. The van der Waals surface area contributed by atoms with Gasteiger partial charge >= 0.3 is 5.97 Å². The maximum Gasteiger partial charge on any atom is 0.306 e. The first-order valence-electron chi connectivity index (χ1n) is 22.7. The van der Waals surface area contributed by atoms with E-state index in [1.54, 1.807) is 0 Å². The quantitative estimate of drug-likeness (QED) is 0.0200. The van der Waals surface area contributed by atoms with Crippen molar-refractivity contribution in [2.45, 2.75) is 200 Å². The predicted molar refractivity (Wildman–Crippen MR) is 231 cm³/mol. The van der Waals surface area contributed by atoms with Gasteiger partial charge in [0.15, 0.2) is 0 Å². The van der Waals surface area contributed by atoms with E-state index in [1.807, 2.05) is 21.1 Å². The van der Waals surface area contributed by atoms with E-state index < -0.39 is 13.9 Å². The zero-order chi connectivity index (χ0) is 40.6. The normalized spacial score (nSPS) is 14.1. The van der Waals surface area contributed by atoms with Gasteiger partial charge in [-0.1, -0.05) is 179 Å². The van der Waals surface area contributed by atoms with Crippen molar-refractivity contribution in [3.63, 3.8) is 0 Å². The van der Waals surface area contributed by atoms with Crippen LogP contribution >= 0.6 is 7.82 Å². The largest absolute Gasteiger partial charge is 0.756 e. The Balaban J connectivity index is 4.21. The predicted octanol–water partition coefficient (Wildman–Crippen LogP) is 12.8. The smallest absolute Gasteiger partial charge is 0.306 e. The molecule has 9 heteroatoms. The number of phosphoric acid groups is 1. The molecule has 0 saturated heterocycles. The number of ether oxygens (including phenoxy) is 2. The van der Waals surface area contributed by atoms with E-state index in [4.69, 9.17) is 18.5 Å². The zero-order valence-corrected chi connectivity index (χ0v) is 37.5. The molecule has 0 aromatic rings. The number of phosphoric ester groups is 1. The highest BCUT2D eigenvalue weighted by atomic mass is 31.2. The van der Waals surface area contributed by atoms with E-state index in [2.05, 4.69) is 50.3 Å². The second-order valence-electron chi connectivity index (χ2n) is 16.4. The molecule has 0 fully saturated rings. The minimum Gasteiger partial charge on any atom is -0.756 e. The van der Waals surface area contributed by atoms with Crippen LogP contribution < -0.4 is 4.89 Å². The van der Waals surface area contributed by atoms with Gasteiger partial charge < -0.3 is 27.9 Å². The van der Waals surface area contributed by atoms with Crippen molar-refractivity contribution in [3.05, 3.63) is 36.5 Å². The fourth-order valence-corrected chi connectivity index (χ4v) is 6.94. The van der Waals surface area contributed by atoms with Crippen LogP contribution in [-0.4, -0.2) is 70.7 Å². The van der Waals surface area contributed by atoms with Crippen LogP contribution in [0.15, 0.2) is 36.5 Å². The Morgan fingerprint density at radius 1 is 0.582 bits per heavy atom. The Hall–Kier alpha value is -1.28. The average Bonchev–Trinajstić information content (AvgIpc) is 3.13. The van der Waals surface area contributed by atoms with E-state index in [9.17, 15) is 14.3 Å². The third kappa shape index (κ3) is 43.7. The molecule has 0 spiro atoms. The van der Waals surface area contributed by atoms with Gasteiger partial charge in [0.2, 0.25) is 0 Å². The number of carbonyl (C=O) groups excluding carboxylic acids is 1. The first-order chi connectivity index (χ1) is 26.6. The summed E-state index contributed by atoms with van der Waals surface area (Å²) in [6, 6.07) is 0. The van der Waals surface area contributed by atoms with Crippen LogP contribution in [-0.2, 0) is 27.9 Å². The highest BCUT2D eigenvalue weighted by molar-refractivity contribution is 7.45. The van der Waals surface area contributed by atoms with Crippen LogP contribution in [0.2, 0.25) is 0 Å². The molecule has 0 aliphatic carbocycles. The van der Waals surface area contributed by atoms with Crippen molar-refractivity contribution in [1.29, 1.82) is 0 Å². The molecular weight excluding hydrogens is 709 g/mol. The molecule has 0 saturated carbocycles. The number of nitrogens with zero attached hydrogens (tertiary/aromatic N) is 1. The minimum atomic E-state index is -4.53. The van der Waals surface area contributed by atoms with Crippen LogP contribution in [0, 0.1) is 0 Å². The molecule has 0 rings (SSSR count). The summed E-state index contributed by atoms with van der Waals surface area (Å²) in [5.74, 6) is -0.337. The fraction of sp³-hybridized carbons (Fsp3) is 0.848. The molecule has 0 aromatic heterocycles. The molecule has 0 aliphatic rings. The Bertz CT molecular complexity index is 978. The lowest BCUT2D eigenvalue weighted by atomic mass is 10.0. The van der Waals surface area contributed by atoms with E-state index in [-0.39, 0.29) is 25.8 Å². The minimum absolute atomic E-state index is 0.0241. The third-order valence-corrected chi connectivity index (χ3v) is 10.7. The summed E-state index contributed by atoms with van der Waals surface area (Å²) in [6.45, 7) is 5.29. The standard InChI is InChI=1S/C46H88NO7P/c1-6-8-10-12-14-16-18-20-22-24-25-27-29-31-33-35-37-39-46(48)54-45(44-53-55(49,50)52-42-40-47(3,4)5)43-51-41-38-36-34-32-30-28-26-23-21-19-17-15-13-11-9-7-2/h9,11,15,17,21,23,45H,6-8,10,12-14,16,18-20,22,24-44H2,1-5H3/b11-9-,17-15-,23-21-. The summed E-state index contributed by atoms with van der Waals surface area (Å²) in [5, 5.41) is 0. The summed E-state index contributed by atoms with van der Waals surface area (Å²) >= 11 is 0. The zero-order valence-electron chi connectivity index (χ0n) is 36.6. The lowest BCUT2D eigenvalue weighted by Crippen LogP contribution is -2.37. The van der Waals surface area contributed by atoms with Crippen molar-refractivity contribution in [2.24, 2.45) is 0 Å². The molecule has 0 aliphatic heterocycles. The molecule has 324 valence electrons. The van der Waals surface area contributed by atoms with Gasteiger partial charge in [-0.2, -0.15) is 0 Å². The maximum atomic E-state index is 12.7. The maximum absolute atomic E-state index is 12.7. The van der Waals surface area contributed by atoms with Crippen LogP contribution in [0.1, 0.15) is 194 Å². The number of quaternary nitrogens is 1. The number of hydrogen-bond donors (Lipinski definition) is 0. The molecule has 8 nitrogen and oxygen atoms in total. The number of unbranched alkanes of at least 4 members (excludes halogenated alkanes) is 22. The lowest BCUT2D eigenvalue weighted by Gasteiger charge is -2.28. The summed E-state index contributed by atoms with van der Waals surface area (Å²) in [6.07, 6.45) is 45.8. The summed E-state index contributed by atoms with van der Waals surface area (Å²) < 4.78 is 34.6. The number of esters is 1. The SMILES string of the molecule is CC/C=C\C/C=C\C/C=C\CCCCCCCCOCC(COP(=O)([O-])OCC[N+](C)(C)C)OC(=O)CCCCCCCCCCCCCCCCCCC. The molecular formula is C46H88NO7P. The van der Waals surface area contributed by atoms with Gasteiger partial charge in [0.1, 0.15) is 19.3 Å². The summed E-state index contributed by atoms with van der Waals surface area (Å²) in [7, 11) is 1.35. The molecule has 0 bridgehead atoms. The highest BCUT2D eigenvalue weighted by Crippen LogP contribution is 2.38. The van der Waals surface area contributed by atoms with E-state index in [0.29, 0.717) is 24.1 Å². The molecule has 0 aromatic carbocycles. The number of carbonyl (C=O) groups is 1. The van der Waals surface area contributed by atoms with Crippen molar-refractivity contribution in [2.75, 3.05) is 54.1 Å². The monoisotopic (exact) mass is 798 g/mol. The molecule has 0 heterocycles. The molecule has 0 N–H and O–H groups in total. The second-order valence-corrected chi connectivity index (χ2v) is 17.8. The number of rotatable bonds is 42. The van der Waals surface area contributed by atoms with Gasteiger partial charge in [-0.05, 0) is 44.9 Å². The summed E-state index contributed by atoms with van der Waals surface area (Å²) in [5.41, 5.74) is 0. The van der Waals surface area contributed by atoms with Gasteiger partial charge in [-0.25, -0.2) is 0 Å². The molecule has 0 amide bonds. The first kappa shape index (κ1) is 53.7. The molecule has 2 unspecified atom stereocenters. The Morgan fingerprint density at radius 3 is 1.58 bits per heavy atom. The van der Waals surface area contributed by atoms with Crippen LogP contribution in [0.25, 0.3) is 0 Å². The van der Waals surface area contributed by atoms with E-state index >= 15 is 0 Å². The molecule has 55 heavy (non-hydrogen) atoms. The lowest BCUT2D eigenvalue weighted by molar-refractivity contribution is -0.870. The van der Waals surface area contributed by atoms with Crippen LogP contribution in [0.3, 0.4) is 0 Å². The van der Waals surface area contributed by atoms with Crippen LogP contribution in [0.5, 0.6) is 0 Å². The van der Waals surface area contributed by atoms with Crippen molar-refractivity contribution in [3.8, 4) is 0 Å². The highest BCUT2D eigenvalue weighted by Gasteiger charge is 2.20. The molecule has 2 atom stereocenters.